The summed E-state index contributed by atoms with van der Waals surface area (Å²) in [4.78, 5) is 17.1. The van der Waals surface area contributed by atoms with Gasteiger partial charge in [-0.1, -0.05) is 30.3 Å². The van der Waals surface area contributed by atoms with E-state index in [-0.39, 0.29) is 30.0 Å². The maximum absolute atomic E-state index is 12.4. The van der Waals surface area contributed by atoms with Crippen molar-refractivity contribution in [1.29, 1.82) is 0 Å². The number of rotatable bonds is 7. The number of ether oxygens (including phenoxy) is 1. The van der Waals surface area contributed by atoms with Crippen LogP contribution in [0.1, 0.15) is 56.3 Å². The topological polar surface area (TPSA) is 92.6 Å². The van der Waals surface area contributed by atoms with E-state index in [1.807, 2.05) is 83.6 Å². The summed E-state index contributed by atoms with van der Waals surface area (Å²) in [5.41, 5.74) is 3.62. The first-order chi connectivity index (χ1) is 14.6. The molecule has 1 aromatic heterocycles. The van der Waals surface area contributed by atoms with Crippen LogP contribution in [0.25, 0.3) is 0 Å². The highest BCUT2D eigenvalue weighted by Crippen LogP contribution is 2.15. The molecule has 0 saturated carbocycles. The van der Waals surface area contributed by atoms with E-state index in [0.717, 1.165) is 29.1 Å². The number of aliphatic imine (C=N–C) groups is 1. The number of nitrogens with one attached hydrogen (secondary N) is 3. The molecule has 1 amide bonds. The van der Waals surface area contributed by atoms with E-state index in [2.05, 4.69) is 21.0 Å². The van der Waals surface area contributed by atoms with E-state index in [9.17, 15) is 4.79 Å². The molecule has 2 aromatic rings. The average Bonchev–Trinajstić information content (AvgIpc) is 2.93. The summed E-state index contributed by atoms with van der Waals surface area (Å²) in [5.74, 6) is 0.678. The smallest absolute Gasteiger partial charge is 0.408 e. The summed E-state index contributed by atoms with van der Waals surface area (Å²) in [6.07, 6.45) is -0.452. The Morgan fingerprint density at radius 1 is 1.19 bits per heavy atom. The molecule has 0 fully saturated rings. The first-order valence-electron chi connectivity index (χ1n) is 10.7. The number of amides is 1. The van der Waals surface area contributed by atoms with Gasteiger partial charge in [-0.05, 0) is 47.1 Å². The first-order valence-corrected chi connectivity index (χ1v) is 10.7. The highest BCUT2D eigenvalue weighted by Gasteiger charge is 2.21. The molecule has 1 unspecified atom stereocenters. The van der Waals surface area contributed by atoms with Crippen LogP contribution in [0, 0.1) is 13.8 Å². The van der Waals surface area contributed by atoms with Crippen molar-refractivity contribution in [3.05, 3.63) is 52.8 Å². The summed E-state index contributed by atoms with van der Waals surface area (Å²) in [7, 11) is 1.94. The highest BCUT2D eigenvalue weighted by molar-refractivity contribution is 14.0. The normalized spacial score (nSPS) is 12.5. The van der Waals surface area contributed by atoms with E-state index in [1.54, 1.807) is 0 Å². The summed E-state index contributed by atoms with van der Waals surface area (Å²) in [6, 6.07) is 9.54. The summed E-state index contributed by atoms with van der Waals surface area (Å²) >= 11 is 0. The third-order valence-electron chi connectivity index (χ3n) is 4.76. The number of carbonyl (C=O) groups is 1. The van der Waals surface area contributed by atoms with Gasteiger partial charge in [0.15, 0.2) is 5.96 Å². The minimum atomic E-state index is -0.561. The van der Waals surface area contributed by atoms with Gasteiger partial charge in [-0.25, -0.2) is 9.79 Å². The van der Waals surface area contributed by atoms with Gasteiger partial charge >= 0.3 is 6.09 Å². The van der Waals surface area contributed by atoms with E-state index in [4.69, 9.17) is 9.73 Å². The van der Waals surface area contributed by atoms with Crippen molar-refractivity contribution in [2.24, 2.45) is 12.0 Å². The van der Waals surface area contributed by atoms with Gasteiger partial charge in [0, 0.05) is 31.4 Å². The molecule has 32 heavy (non-hydrogen) atoms. The Hall–Kier alpha value is -2.30. The Morgan fingerprint density at radius 3 is 2.38 bits per heavy atom. The Morgan fingerprint density at radius 2 is 1.84 bits per heavy atom. The lowest BCUT2D eigenvalue weighted by Crippen LogP contribution is -2.44. The molecule has 0 radical (unpaired) electrons. The minimum absolute atomic E-state index is 0. The zero-order valence-corrected chi connectivity index (χ0v) is 22.5. The number of guanidine groups is 1. The van der Waals surface area contributed by atoms with E-state index in [0.29, 0.717) is 19.0 Å². The third kappa shape index (κ3) is 8.68. The van der Waals surface area contributed by atoms with Gasteiger partial charge in [0.1, 0.15) is 5.60 Å². The monoisotopic (exact) mass is 556 g/mol. The second kappa shape index (κ2) is 12.7. The van der Waals surface area contributed by atoms with Crippen LogP contribution in [0.2, 0.25) is 0 Å². The van der Waals surface area contributed by atoms with Crippen LogP contribution in [0.3, 0.4) is 0 Å². The largest absolute Gasteiger partial charge is 0.444 e. The number of aryl methyl sites for hydroxylation is 2. The maximum atomic E-state index is 12.4. The molecule has 178 valence electrons. The van der Waals surface area contributed by atoms with E-state index in [1.165, 1.54) is 0 Å². The molecule has 0 bridgehead atoms. The SMILES string of the molecule is CCNC(=NCc1c(C)nn(C)c1C)NCC(NC(=O)OC(C)(C)C)c1ccccc1.I. The molecule has 0 saturated heterocycles. The molecular weight excluding hydrogens is 519 g/mol. The highest BCUT2D eigenvalue weighted by atomic mass is 127. The van der Waals surface area contributed by atoms with Gasteiger partial charge in [0.25, 0.3) is 0 Å². The Bertz CT molecular complexity index is 890. The van der Waals surface area contributed by atoms with E-state index >= 15 is 0 Å². The Labute approximate surface area is 208 Å². The van der Waals surface area contributed by atoms with E-state index < -0.39 is 11.7 Å². The molecule has 2 rings (SSSR count). The fraction of sp³-hybridized carbons (Fsp3) is 0.522. The molecule has 0 aliphatic rings. The van der Waals surface area contributed by atoms with Crippen molar-refractivity contribution in [3.8, 4) is 0 Å². The number of hydrogen-bond donors (Lipinski definition) is 3. The molecule has 3 N–H and O–H groups in total. The number of hydrogen-bond acceptors (Lipinski definition) is 4. The molecule has 9 heteroatoms. The lowest BCUT2D eigenvalue weighted by molar-refractivity contribution is 0.0504. The molecule has 8 nitrogen and oxygen atoms in total. The number of aromatic nitrogens is 2. The molecule has 1 aromatic carbocycles. The second-order valence-corrected chi connectivity index (χ2v) is 8.46. The van der Waals surface area contributed by atoms with Crippen LogP contribution in [0.15, 0.2) is 35.3 Å². The molecule has 1 heterocycles. The first kappa shape index (κ1) is 27.7. The van der Waals surface area contributed by atoms with Crippen LogP contribution in [-0.2, 0) is 18.3 Å². The molecule has 0 aliphatic heterocycles. The number of halogens is 1. The summed E-state index contributed by atoms with van der Waals surface area (Å²) < 4.78 is 7.32. The van der Waals surface area contributed by atoms with Gasteiger partial charge in [0.2, 0.25) is 0 Å². The van der Waals surface area contributed by atoms with Crippen LogP contribution in [-0.4, -0.2) is 40.5 Å². The quantitative estimate of drug-likeness (QED) is 0.273. The molecule has 1 atom stereocenters. The Balaban J connectivity index is 0.00000512. The number of nitrogens with zero attached hydrogens (tertiary/aromatic N) is 3. The zero-order chi connectivity index (χ0) is 23.0. The average molecular weight is 556 g/mol. The standard InChI is InChI=1S/C23H36N6O2.HI/c1-8-24-21(25-14-19-16(2)28-29(7)17(19)3)26-15-20(18-12-10-9-11-13-18)27-22(30)31-23(4,5)6;/h9-13,20H,8,14-15H2,1-7H3,(H,27,30)(H2,24,25,26);1H. The number of carbonyl (C=O) groups excluding carboxylic acids is 1. The van der Waals surface area contributed by atoms with Gasteiger partial charge in [-0.2, -0.15) is 5.10 Å². The van der Waals surface area contributed by atoms with Gasteiger partial charge < -0.3 is 20.7 Å². The van der Waals surface area contributed by atoms with Crippen LogP contribution >= 0.6 is 24.0 Å². The molecule has 0 aliphatic carbocycles. The van der Waals surface area contributed by atoms with Crippen molar-refractivity contribution in [3.63, 3.8) is 0 Å². The van der Waals surface area contributed by atoms with Gasteiger partial charge in [-0.3, -0.25) is 4.68 Å². The molecule has 0 spiro atoms. The zero-order valence-electron chi connectivity index (χ0n) is 20.2. The fourth-order valence-electron chi connectivity index (χ4n) is 3.13. The van der Waals surface area contributed by atoms with Crippen molar-refractivity contribution >= 4 is 36.0 Å². The predicted molar refractivity (Wildman–Crippen MR) is 139 cm³/mol. The third-order valence-corrected chi connectivity index (χ3v) is 4.76. The molecular formula is C23H37IN6O2. The van der Waals surface area contributed by atoms with Crippen molar-refractivity contribution in [2.45, 2.75) is 59.7 Å². The van der Waals surface area contributed by atoms with Crippen LogP contribution in [0.4, 0.5) is 4.79 Å². The second-order valence-electron chi connectivity index (χ2n) is 8.46. The lowest BCUT2D eigenvalue weighted by atomic mass is 10.1. The predicted octanol–water partition coefficient (Wildman–Crippen LogP) is 3.98. The fourth-order valence-corrected chi connectivity index (χ4v) is 3.13. The lowest BCUT2D eigenvalue weighted by Gasteiger charge is -2.25. The van der Waals surface area contributed by atoms with Gasteiger partial charge in [0.05, 0.1) is 18.3 Å². The Kier molecular flexibility index (Phi) is 11.0. The van der Waals surface area contributed by atoms with Crippen LogP contribution < -0.4 is 16.0 Å². The van der Waals surface area contributed by atoms with Crippen LogP contribution in [0.5, 0.6) is 0 Å². The maximum Gasteiger partial charge on any atom is 0.408 e. The minimum Gasteiger partial charge on any atom is -0.444 e. The summed E-state index contributed by atoms with van der Waals surface area (Å²) in [5, 5.41) is 14.0. The van der Waals surface area contributed by atoms with Crippen molar-refractivity contribution in [2.75, 3.05) is 13.1 Å². The summed E-state index contributed by atoms with van der Waals surface area (Å²) in [6.45, 7) is 13.3. The van der Waals surface area contributed by atoms with Gasteiger partial charge in [-0.15, -0.1) is 24.0 Å². The number of benzene rings is 1. The van der Waals surface area contributed by atoms with Crippen molar-refractivity contribution in [1.82, 2.24) is 25.7 Å². The number of alkyl carbamates (subject to hydrolysis) is 1. The van der Waals surface area contributed by atoms with Crippen molar-refractivity contribution < 1.29 is 9.53 Å².